The highest BCUT2D eigenvalue weighted by atomic mass is 32.1. The fourth-order valence-electron chi connectivity index (χ4n) is 1.54. The second-order valence-electron chi connectivity index (χ2n) is 3.40. The van der Waals surface area contributed by atoms with Crippen LogP contribution in [0.5, 0.6) is 5.75 Å². The summed E-state index contributed by atoms with van der Waals surface area (Å²) in [5.41, 5.74) is 8.92. The average Bonchev–Trinajstić information content (AvgIpc) is 2.81. The molecule has 0 saturated heterocycles. The summed E-state index contributed by atoms with van der Waals surface area (Å²) in [6, 6.07) is 1.81. The highest BCUT2D eigenvalue weighted by Crippen LogP contribution is 2.25. The van der Waals surface area contributed by atoms with E-state index < -0.39 is 0 Å². The second-order valence-corrected chi connectivity index (χ2v) is 4.37. The van der Waals surface area contributed by atoms with Gasteiger partial charge >= 0.3 is 0 Å². The SMILES string of the molecule is COc1cnccc1C(N)Cc1cncs1. The molecule has 0 aliphatic rings. The first-order valence-electron chi connectivity index (χ1n) is 4.92. The Bertz CT molecular complexity index is 444. The Hall–Kier alpha value is -1.46. The Morgan fingerprint density at radius 1 is 1.44 bits per heavy atom. The summed E-state index contributed by atoms with van der Waals surface area (Å²) < 4.78 is 5.23. The number of rotatable bonds is 4. The van der Waals surface area contributed by atoms with Gasteiger partial charge in [0, 0.05) is 35.3 Å². The molecule has 0 aliphatic heterocycles. The molecule has 2 rings (SSSR count). The van der Waals surface area contributed by atoms with Crippen LogP contribution in [0.3, 0.4) is 0 Å². The van der Waals surface area contributed by atoms with E-state index in [2.05, 4.69) is 9.97 Å². The van der Waals surface area contributed by atoms with Gasteiger partial charge in [-0.05, 0) is 6.07 Å². The van der Waals surface area contributed by atoms with Crippen molar-refractivity contribution in [2.75, 3.05) is 7.11 Å². The van der Waals surface area contributed by atoms with Crippen molar-refractivity contribution in [2.24, 2.45) is 5.73 Å². The maximum absolute atomic E-state index is 6.13. The minimum Gasteiger partial charge on any atom is -0.495 e. The molecule has 0 radical (unpaired) electrons. The smallest absolute Gasteiger partial charge is 0.141 e. The predicted octanol–water partition coefficient (Wildman–Crippen LogP) is 1.79. The third kappa shape index (κ3) is 2.37. The van der Waals surface area contributed by atoms with Gasteiger partial charge < -0.3 is 10.5 Å². The molecule has 2 heterocycles. The molecule has 0 spiro atoms. The van der Waals surface area contributed by atoms with Crippen molar-refractivity contribution in [3.8, 4) is 5.75 Å². The molecule has 2 N–H and O–H groups in total. The minimum atomic E-state index is -0.0848. The number of methoxy groups -OCH3 is 1. The molecule has 2 aromatic rings. The van der Waals surface area contributed by atoms with E-state index in [0.29, 0.717) is 0 Å². The molecule has 0 aromatic carbocycles. The Kier molecular flexibility index (Phi) is 3.48. The van der Waals surface area contributed by atoms with Gasteiger partial charge in [-0.2, -0.15) is 0 Å². The van der Waals surface area contributed by atoms with Crippen molar-refractivity contribution >= 4 is 11.3 Å². The average molecular weight is 235 g/mol. The van der Waals surface area contributed by atoms with Crippen LogP contribution >= 0.6 is 11.3 Å². The van der Waals surface area contributed by atoms with Crippen LogP contribution in [0.25, 0.3) is 0 Å². The van der Waals surface area contributed by atoms with E-state index >= 15 is 0 Å². The van der Waals surface area contributed by atoms with Crippen LogP contribution in [-0.2, 0) is 6.42 Å². The number of thiazole rings is 1. The summed E-state index contributed by atoms with van der Waals surface area (Å²) in [5, 5.41) is 0. The van der Waals surface area contributed by atoms with Crippen molar-refractivity contribution in [1.29, 1.82) is 0 Å². The monoisotopic (exact) mass is 235 g/mol. The van der Waals surface area contributed by atoms with Crippen molar-refractivity contribution in [3.05, 3.63) is 40.6 Å². The fourth-order valence-corrected chi connectivity index (χ4v) is 2.19. The Labute approximate surface area is 98.1 Å². The van der Waals surface area contributed by atoms with Gasteiger partial charge in [-0.1, -0.05) is 0 Å². The van der Waals surface area contributed by atoms with Gasteiger partial charge in [-0.25, -0.2) is 0 Å². The van der Waals surface area contributed by atoms with E-state index in [9.17, 15) is 0 Å². The molecule has 2 aromatic heterocycles. The van der Waals surface area contributed by atoms with Gasteiger partial charge in [-0.15, -0.1) is 11.3 Å². The minimum absolute atomic E-state index is 0.0848. The Morgan fingerprint density at radius 3 is 3.00 bits per heavy atom. The van der Waals surface area contributed by atoms with Crippen LogP contribution < -0.4 is 10.5 Å². The number of hydrogen-bond acceptors (Lipinski definition) is 5. The summed E-state index contributed by atoms with van der Waals surface area (Å²) in [5.74, 6) is 0.736. The van der Waals surface area contributed by atoms with E-state index in [-0.39, 0.29) is 6.04 Å². The molecule has 0 bridgehead atoms. The Morgan fingerprint density at radius 2 is 2.31 bits per heavy atom. The fraction of sp³-hybridized carbons (Fsp3) is 0.273. The number of ether oxygens (including phenoxy) is 1. The normalized spacial score (nSPS) is 12.4. The van der Waals surface area contributed by atoms with Crippen LogP contribution in [-0.4, -0.2) is 17.1 Å². The highest BCUT2D eigenvalue weighted by molar-refractivity contribution is 7.09. The van der Waals surface area contributed by atoms with Gasteiger partial charge in [0.15, 0.2) is 0 Å². The van der Waals surface area contributed by atoms with E-state index in [0.717, 1.165) is 17.7 Å². The molecule has 4 nitrogen and oxygen atoms in total. The van der Waals surface area contributed by atoms with Crippen LogP contribution in [0.1, 0.15) is 16.5 Å². The summed E-state index contributed by atoms with van der Waals surface area (Å²) >= 11 is 1.61. The first-order valence-corrected chi connectivity index (χ1v) is 5.80. The van der Waals surface area contributed by atoms with Gasteiger partial charge in [0.25, 0.3) is 0 Å². The molecular weight excluding hydrogens is 222 g/mol. The lowest BCUT2D eigenvalue weighted by Crippen LogP contribution is -2.14. The zero-order valence-corrected chi connectivity index (χ0v) is 9.78. The number of pyridine rings is 1. The molecule has 0 amide bonds. The lowest BCUT2D eigenvalue weighted by Gasteiger charge is -2.13. The van der Waals surface area contributed by atoms with Gasteiger partial charge in [0.2, 0.25) is 0 Å². The van der Waals surface area contributed by atoms with Crippen LogP contribution in [0.4, 0.5) is 0 Å². The molecule has 1 unspecified atom stereocenters. The summed E-state index contributed by atoms with van der Waals surface area (Å²) in [6.45, 7) is 0. The summed E-state index contributed by atoms with van der Waals surface area (Å²) in [4.78, 5) is 9.21. The molecule has 0 fully saturated rings. The van der Waals surface area contributed by atoms with Crippen molar-refractivity contribution in [2.45, 2.75) is 12.5 Å². The molecule has 84 valence electrons. The third-order valence-corrected chi connectivity index (χ3v) is 3.14. The lowest BCUT2D eigenvalue weighted by molar-refractivity contribution is 0.403. The quantitative estimate of drug-likeness (QED) is 0.877. The predicted molar refractivity (Wildman–Crippen MR) is 63.5 cm³/mol. The van der Waals surface area contributed by atoms with Crippen LogP contribution in [0, 0.1) is 0 Å². The topological polar surface area (TPSA) is 61.0 Å². The first-order chi connectivity index (χ1) is 7.81. The van der Waals surface area contributed by atoms with Crippen molar-refractivity contribution in [1.82, 2.24) is 9.97 Å². The Balaban J connectivity index is 2.17. The summed E-state index contributed by atoms with van der Waals surface area (Å²) in [7, 11) is 1.62. The van der Waals surface area contributed by atoms with Crippen molar-refractivity contribution < 1.29 is 4.74 Å². The highest BCUT2D eigenvalue weighted by Gasteiger charge is 2.12. The number of hydrogen-bond donors (Lipinski definition) is 1. The molecule has 1 atom stereocenters. The largest absolute Gasteiger partial charge is 0.495 e. The number of nitrogens with two attached hydrogens (primary N) is 1. The van der Waals surface area contributed by atoms with Gasteiger partial charge in [-0.3, -0.25) is 9.97 Å². The second kappa shape index (κ2) is 5.05. The zero-order valence-electron chi connectivity index (χ0n) is 8.96. The van der Waals surface area contributed by atoms with Crippen LogP contribution in [0.15, 0.2) is 30.2 Å². The first kappa shape index (κ1) is 11.0. The molecule has 5 heteroatoms. The summed E-state index contributed by atoms with van der Waals surface area (Å²) in [6.07, 6.45) is 6.02. The van der Waals surface area contributed by atoms with Crippen molar-refractivity contribution in [3.63, 3.8) is 0 Å². The number of nitrogens with zero attached hydrogens (tertiary/aromatic N) is 2. The molecule has 16 heavy (non-hydrogen) atoms. The van der Waals surface area contributed by atoms with Gasteiger partial charge in [0.05, 0.1) is 18.8 Å². The third-order valence-electron chi connectivity index (χ3n) is 2.34. The molecule has 0 aliphatic carbocycles. The standard InChI is InChI=1S/C11H13N3OS/c1-15-11-6-13-3-2-9(11)10(12)4-8-5-14-7-16-8/h2-3,5-7,10H,4,12H2,1H3. The van der Waals surface area contributed by atoms with E-state index in [1.165, 1.54) is 4.88 Å². The van der Waals surface area contributed by atoms with E-state index in [1.807, 2.05) is 17.8 Å². The maximum Gasteiger partial charge on any atom is 0.141 e. The van der Waals surface area contributed by atoms with E-state index in [4.69, 9.17) is 10.5 Å². The van der Waals surface area contributed by atoms with Gasteiger partial charge in [0.1, 0.15) is 5.75 Å². The lowest BCUT2D eigenvalue weighted by atomic mass is 10.0. The van der Waals surface area contributed by atoms with E-state index in [1.54, 1.807) is 30.8 Å². The maximum atomic E-state index is 6.13. The molecule has 0 saturated carbocycles. The zero-order chi connectivity index (χ0) is 11.4. The van der Waals surface area contributed by atoms with Crippen LogP contribution in [0.2, 0.25) is 0 Å². The number of aromatic nitrogens is 2. The molecular formula is C11H13N3OS.